The van der Waals surface area contributed by atoms with Crippen LogP contribution in [0.5, 0.6) is 0 Å². The first-order chi connectivity index (χ1) is 5.13. The Kier molecular flexibility index (Phi) is 1.81. The Labute approximate surface area is 64.0 Å². The largest absolute Gasteiger partial charge is 0.512 e. The maximum atomic E-state index is 10.5. The van der Waals surface area contributed by atoms with Crippen molar-refractivity contribution in [3.8, 4) is 0 Å². The maximum absolute atomic E-state index is 10.5. The predicted molar refractivity (Wildman–Crippen MR) is 40.2 cm³/mol. The van der Waals surface area contributed by atoms with Crippen LogP contribution in [0.15, 0.2) is 35.1 Å². The van der Waals surface area contributed by atoms with E-state index in [1.165, 1.54) is 13.0 Å². The van der Waals surface area contributed by atoms with Gasteiger partial charge in [0.15, 0.2) is 0 Å². The van der Waals surface area contributed by atoms with Gasteiger partial charge in [-0.1, -0.05) is 12.2 Å². The number of aliphatic hydroxyl groups is 1. The molecule has 0 aromatic rings. The molecule has 1 aliphatic rings. The molecule has 0 saturated carbocycles. The van der Waals surface area contributed by atoms with E-state index in [4.69, 9.17) is 10.2 Å². The van der Waals surface area contributed by atoms with Gasteiger partial charge in [-0.2, -0.15) is 0 Å². The highest BCUT2D eigenvalue weighted by Crippen LogP contribution is 2.20. The minimum Gasteiger partial charge on any atom is -0.512 e. The standard InChI is InChI=1S/C8H8O3/c1-5(9)6-3-2-4-7(6)8(10)11/h2-4,9H,1H3,(H,10,11). The van der Waals surface area contributed by atoms with Crippen molar-refractivity contribution in [3.63, 3.8) is 0 Å². The van der Waals surface area contributed by atoms with Gasteiger partial charge in [0, 0.05) is 5.57 Å². The van der Waals surface area contributed by atoms with Crippen molar-refractivity contribution in [2.75, 3.05) is 0 Å². The lowest BCUT2D eigenvalue weighted by Crippen LogP contribution is -2.01. The van der Waals surface area contributed by atoms with Gasteiger partial charge in [-0.05, 0) is 13.0 Å². The molecule has 3 nitrogen and oxygen atoms in total. The molecule has 0 atom stereocenters. The fourth-order valence-corrected chi connectivity index (χ4v) is 0.922. The second-order valence-electron chi connectivity index (χ2n) is 2.24. The Bertz CT molecular complexity index is 278. The molecule has 3 heteroatoms. The molecule has 0 bridgehead atoms. The molecule has 0 amide bonds. The second kappa shape index (κ2) is 2.62. The Balaban J connectivity index is 3.05. The fraction of sp³-hybridized carbons (Fsp3) is 0.125. The van der Waals surface area contributed by atoms with Crippen molar-refractivity contribution in [1.82, 2.24) is 0 Å². The van der Waals surface area contributed by atoms with E-state index in [-0.39, 0.29) is 11.3 Å². The highest BCUT2D eigenvalue weighted by molar-refractivity contribution is 5.94. The summed E-state index contributed by atoms with van der Waals surface area (Å²) in [5, 5.41) is 17.6. The lowest BCUT2D eigenvalue weighted by molar-refractivity contribution is -0.132. The van der Waals surface area contributed by atoms with E-state index in [1.807, 2.05) is 0 Å². The van der Waals surface area contributed by atoms with Crippen molar-refractivity contribution in [2.24, 2.45) is 0 Å². The van der Waals surface area contributed by atoms with E-state index in [0.717, 1.165) is 0 Å². The smallest absolute Gasteiger partial charge is 0.336 e. The molecule has 0 heterocycles. The van der Waals surface area contributed by atoms with Gasteiger partial charge in [-0.15, -0.1) is 0 Å². The van der Waals surface area contributed by atoms with Gasteiger partial charge in [0.1, 0.15) is 0 Å². The summed E-state index contributed by atoms with van der Waals surface area (Å²) >= 11 is 0. The average molecular weight is 152 g/mol. The average Bonchev–Trinajstić information content (AvgIpc) is 2.32. The summed E-state index contributed by atoms with van der Waals surface area (Å²) in [7, 11) is 0. The molecule has 0 unspecified atom stereocenters. The molecule has 0 fully saturated rings. The molecule has 0 radical (unpaired) electrons. The molecule has 1 rings (SSSR count). The van der Waals surface area contributed by atoms with Gasteiger partial charge < -0.3 is 10.2 Å². The number of aliphatic carboxylic acids is 1. The molecule has 0 aliphatic heterocycles. The van der Waals surface area contributed by atoms with Gasteiger partial charge in [0.05, 0.1) is 11.3 Å². The number of hydrogen-bond acceptors (Lipinski definition) is 2. The van der Waals surface area contributed by atoms with E-state index >= 15 is 0 Å². The fourth-order valence-electron chi connectivity index (χ4n) is 0.922. The van der Waals surface area contributed by atoms with Gasteiger partial charge in [0.25, 0.3) is 0 Å². The van der Waals surface area contributed by atoms with Gasteiger partial charge in [-0.25, -0.2) is 4.79 Å². The number of carboxylic acids is 1. The molecule has 0 aromatic carbocycles. The summed E-state index contributed by atoms with van der Waals surface area (Å²) in [4.78, 5) is 10.5. The quantitative estimate of drug-likeness (QED) is 0.558. The number of rotatable bonds is 1. The predicted octanol–water partition coefficient (Wildman–Crippen LogP) is 1.40. The zero-order chi connectivity index (χ0) is 8.43. The van der Waals surface area contributed by atoms with Crippen LogP contribution < -0.4 is 0 Å². The van der Waals surface area contributed by atoms with Crippen molar-refractivity contribution < 1.29 is 15.0 Å². The molecular formula is C8H8O3. The van der Waals surface area contributed by atoms with Crippen LogP contribution in [0.3, 0.4) is 0 Å². The summed E-state index contributed by atoms with van der Waals surface area (Å²) < 4.78 is 0. The van der Waals surface area contributed by atoms with Crippen molar-refractivity contribution in [1.29, 1.82) is 0 Å². The van der Waals surface area contributed by atoms with Crippen LogP contribution in [0.1, 0.15) is 6.92 Å². The van der Waals surface area contributed by atoms with Crippen LogP contribution in [0.25, 0.3) is 0 Å². The monoisotopic (exact) mass is 152 g/mol. The van der Waals surface area contributed by atoms with E-state index < -0.39 is 5.97 Å². The van der Waals surface area contributed by atoms with Crippen LogP contribution >= 0.6 is 0 Å². The van der Waals surface area contributed by atoms with Crippen LogP contribution in [0.2, 0.25) is 0 Å². The van der Waals surface area contributed by atoms with Crippen LogP contribution in [-0.2, 0) is 4.79 Å². The highest BCUT2D eigenvalue weighted by atomic mass is 16.4. The number of aliphatic hydroxyl groups excluding tert-OH is 1. The molecule has 2 N–H and O–H groups in total. The third kappa shape index (κ3) is 1.32. The first kappa shape index (κ1) is 7.60. The minimum atomic E-state index is -1.02. The Morgan fingerprint density at radius 3 is 2.45 bits per heavy atom. The molecule has 0 aromatic heterocycles. The summed E-state index contributed by atoms with van der Waals surface area (Å²) in [5.41, 5.74) is 0.530. The van der Waals surface area contributed by atoms with E-state index in [0.29, 0.717) is 5.57 Å². The molecule has 0 spiro atoms. The zero-order valence-electron chi connectivity index (χ0n) is 6.03. The second-order valence-corrected chi connectivity index (χ2v) is 2.24. The highest BCUT2D eigenvalue weighted by Gasteiger charge is 2.15. The van der Waals surface area contributed by atoms with Crippen molar-refractivity contribution in [3.05, 3.63) is 35.1 Å². The summed E-state index contributed by atoms with van der Waals surface area (Å²) in [6.07, 6.45) is 4.62. The lowest BCUT2D eigenvalue weighted by Gasteiger charge is -1.98. The Hall–Kier alpha value is -1.51. The number of carboxylic acid groups (broad SMARTS) is 1. The van der Waals surface area contributed by atoms with Gasteiger partial charge in [-0.3, -0.25) is 0 Å². The molecule has 11 heavy (non-hydrogen) atoms. The topological polar surface area (TPSA) is 57.5 Å². The summed E-state index contributed by atoms with van der Waals surface area (Å²) in [6, 6.07) is 0. The van der Waals surface area contributed by atoms with E-state index in [9.17, 15) is 4.79 Å². The van der Waals surface area contributed by atoms with Crippen LogP contribution in [0.4, 0.5) is 0 Å². The summed E-state index contributed by atoms with van der Waals surface area (Å²) in [6.45, 7) is 1.46. The number of allylic oxidation sites excluding steroid dienone is 4. The van der Waals surface area contributed by atoms with Crippen LogP contribution in [-0.4, -0.2) is 16.2 Å². The first-order valence-electron chi connectivity index (χ1n) is 3.15. The van der Waals surface area contributed by atoms with Crippen molar-refractivity contribution >= 4 is 5.97 Å². The SMILES string of the molecule is CC(O)=C1C=CC=C1C(=O)O. The van der Waals surface area contributed by atoms with E-state index in [2.05, 4.69) is 0 Å². The zero-order valence-corrected chi connectivity index (χ0v) is 6.03. The Morgan fingerprint density at radius 1 is 1.45 bits per heavy atom. The van der Waals surface area contributed by atoms with E-state index in [1.54, 1.807) is 12.2 Å². The normalized spacial score (nSPS) is 19.9. The van der Waals surface area contributed by atoms with Gasteiger partial charge in [0.2, 0.25) is 0 Å². The molecule has 58 valence electrons. The Morgan fingerprint density at radius 2 is 2.09 bits per heavy atom. The minimum absolute atomic E-state index is 0.0346. The van der Waals surface area contributed by atoms with Crippen LogP contribution in [0, 0.1) is 0 Å². The third-order valence-electron chi connectivity index (χ3n) is 1.44. The molecular weight excluding hydrogens is 144 g/mol. The van der Waals surface area contributed by atoms with Gasteiger partial charge >= 0.3 is 5.97 Å². The lowest BCUT2D eigenvalue weighted by atomic mass is 10.1. The maximum Gasteiger partial charge on any atom is 0.336 e. The molecule has 0 saturated heterocycles. The van der Waals surface area contributed by atoms with Crippen molar-refractivity contribution in [2.45, 2.75) is 6.92 Å². The number of hydrogen-bond donors (Lipinski definition) is 2. The third-order valence-corrected chi connectivity index (χ3v) is 1.44. The summed E-state index contributed by atoms with van der Waals surface area (Å²) in [5.74, 6) is -0.981. The number of carbonyl (C=O) groups is 1. The first-order valence-corrected chi connectivity index (χ1v) is 3.15. The molecule has 1 aliphatic carbocycles.